The molecule has 0 N–H and O–H groups in total. The van der Waals surface area contributed by atoms with E-state index < -0.39 is 0 Å². The topological polar surface area (TPSA) is 3.24 Å². The summed E-state index contributed by atoms with van der Waals surface area (Å²) in [5.41, 5.74) is 3.62. The summed E-state index contributed by atoms with van der Waals surface area (Å²) in [6, 6.07) is 9.98. The molecule has 3 atom stereocenters. The molecule has 3 unspecified atom stereocenters. The average molecular weight is 255 g/mol. The molecule has 2 aliphatic carbocycles. The van der Waals surface area contributed by atoms with Crippen LogP contribution in [0.25, 0.3) is 0 Å². The zero-order valence-electron chi connectivity index (χ0n) is 12.4. The van der Waals surface area contributed by atoms with Crippen molar-refractivity contribution >= 4 is 0 Å². The maximum Gasteiger partial charge on any atom is 0.0387 e. The molecule has 1 heterocycles. The average Bonchev–Trinajstić information content (AvgIpc) is 3.27. The van der Waals surface area contributed by atoms with Crippen molar-refractivity contribution in [2.75, 3.05) is 6.54 Å². The van der Waals surface area contributed by atoms with Crippen LogP contribution in [0.15, 0.2) is 24.3 Å². The van der Waals surface area contributed by atoms with Crippen molar-refractivity contribution in [1.82, 2.24) is 4.90 Å². The van der Waals surface area contributed by atoms with E-state index in [2.05, 4.69) is 49.9 Å². The molecular formula is C18H25N. The Hall–Kier alpha value is -0.820. The van der Waals surface area contributed by atoms with Gasteiger partial charge in [-0.05, 0) is 68.9 Å². The molecule has 102 valence electrons. The van der Waals surface area contributed by atoms with Crippen molar-refractivity contribution < 1.29 is 0 Å². The molecule has 4 rings (SSSR count). The van der Waals surface area contributed by atoms with E-state index in [1.807, 2.05) is 0 Å². The van der Waals surface area contributed by atoms with Gasteiger partial charge in [0.2, 0.25) is 0 Å². The molecule has 1 aliphatic heterocycles. The first-order valence-electron chi connectivity index (χ1n) is 7.91. The van der Waals surface area contributed by atoms with Gasteiger partial charge in [-0.1, -0.05) is 24.3 Å². The number of fused-ring (bicyclic) bond motifs is 1. The van der Waals surface area contributed by atoms with Crippen molar-refractivity contribution in [2.24, 2.45) is 11.8 Å². The Bertz CT molecular complexity index is 495. The van der Waals surface area contributed by atoms with Crippen LogP contribution in [-0.2, 0) is 0 Å². The lowest BCUT2D eigenvalue weighted by Crippen LogP contribution is -2.42. The summed E-state index contributed by atoms with van der Waals surface area (Å²) in [5, 5.41) is 0. The second kappa shape index (κ2) is 3.85. The lowest BCUT2D eigenvalue weighted by molar-refractivity contribution is 0.0990. The Kier molecular flexibility index (Phi) is 2.42. The third-order valence-electron chi connectivity index (χ3n) is 5.34. The minimum Gasteiger partial charge on any atom is -0.291 e. The van der Waals surface area contributed by atoms with Crippen LogP contribution in [0.3, 0.4) is 0 Å². The fraction of sp³-hybridized carbons (Fsp3) is 0.667. The van der Waals surface area contributed by atoms with Crippen molar-refractivity contribution in [3.05, 3.63) is 35.4 Å². The van der Waals surface area contributed by atoms with Crippen LogP contribution >= 0.6 is 0 Å². The SMILES string of the molecule is CC(C)(C)N1CC2CC2C1c1ccccc1C1CC1. The van der Waals surface area contributed by atoms with Gasteiger partial charge in [0.1, 0.15) is 0 Å². The normalized spacial score (nSPS) is 34.4. The Morgan fingerprint density at radius 3 is 2.37 bits per heavy atom. The van der Waals surface area contributed by atoms with Crippen molar-refractivity contribution in [2.45, 2.75) is 57.5 Å². The van der Waals surface area contributed by atoms with Crippen LogP contribution < -0.4 is 0 Å². The quantitative estimate of drug-likeness (QED) is 0.759. The molecule has 0 spiro atoms. The summed E-state index contributed by atoms with van der Waals surface area (Å²) in [4.78, 5) is 2.77. The van der Waals surface area contributed by atoms with Crippen LogP contribution in [0.1, 0.15) is 63.1 Å². The van der Waals surface area contributed by atoms with E-state index >= 15 is 0 Å². The maximum atomic E-state index is 2.77. The highest BCUT2D eigenvalue weighted by Gasteiger charge is 2.55. The maximum absolute atomic E-state index is 2.77. The minimum absolute atomic E-state index is 0.300. The molecule has 0 amide bonds. The zero-order valence-corrected chi connectivity index (χ0v) is 12.4. The number of piperidine rings is 1. The Balaban J connectivity index is 1.74. The minimum atomic E-state index is 0.300. The molecule has 3 fully saturated rings. The van der Waals surface area contributed by atoms with E-state index in [4.69, 9.17) is 0 Å². The Morgan fingerprint density at radius 2 is 1.74 bits per heavy atom. The van der Waals surface area contributed by atoms with Crippen LogP contribution in [0, 0.1) is 11.8 Å². The van der Waals surface area contributed by atoms with Gasteiger partial charge >= 0.3 is 0 Å². The van der Waals surface area contributed by atoms with E-state index in [1.165, 1.54) is 25.8 Å². The van der Waals surface area contributed by atoms with Crippen molar-refractivity contribution in [3.8, 4) is 0 Å². The second-order valence-electron chi connectivity index (χ2n) is 7.83. The predicted molar refractivity (Wildman–Crippen MR) is 79.2 cm³/mol. The summed E-state index contributed by atoms with van der Waals surface area (Å²) in [6.45, 7) is 8.46. The number of benzene rings is 1. The highest BCUT2D eigenvalue weighted by atomic mass is 15.3. The second-order valence-corrected chi connectivity index (χ2v) is 7.83. The predicted octanol–water partition coefficient (Wildman–Crippen LogP) is 4.36. The molecule has 2 saturated carbocycles. The molecule has 19 heavy (non-hydrogen) atoms. The zero-order chi connectivity index (χ0) is 13.2. The third-order valence-corrected chi connectivity index (χ3v) is 5.34. The smallest absolute Gasteiger partial charge is 0.0387 e. The van der Waals surface area contributed by atoms with Gasteiger partial charge in [0.05, 0.1) is 0 Å². The molecule has 0 aromatic heterocycles. The van der Waals surface area contributed by atoms with E-state index in [0.29, 0.717) is 11.6 Å². The molecule has 1 aromatic rings. The highest BCUT2D eigenvalue weighted by Crippen LogP contribution is 2.59. The van der Waals surface area contributed by atoms with Gasteiger partial charge in [0.15, 0.2) is 0 Å². The fourth-order valence-corrected chi connectivity index (χ4v) is 4.10. The molecule has 1 saturated heterocycles. The number of hydrogen-bond donors (Lipinski definition) is 0. The number of rotatable bonds is 2. The lowest BCUT2D eigenvalue weighted by atomic mass is 9.91. The monoisotopic (exact) mass is 255 g/mol. The van der Waals surface area contributed by atoms with Crippen LogP contribution in [0.2, 0.25) is 0 Å². The number of hydrogen-bond acceptors (Lipinski definition) is 1. The van der Waals surface area contributed by atoms with Gasteiger partial charge in [-0.2, -0.15) is 0 Å². The highest BCUT2D eigenvalue weighted by molar-refractivity contribution is 5.38. The van der Waals surface area contributed by atoms with E-state index in [9.17, 15) is 0 Å². The molecule has 3 aliphatic rings. The summed E-state index contributed by atoms with van der Waals surface area (Å²) in [7, 11) is 0. The molecule has 1 aromatic carbocycles. The van der Waals surface area contributed by atoms with Crippen molar-refractivity contribution in [3.63, 3.8) is 0 Å². The first-order chi connectivity index (χ1) is 9.05. The standard InChI is InChI=1S/C18H25N/c1-18(2,3)19-11-13-10-16(13)17(19)15-7-5-4-6-14(15)12-8-9-12/h4-7,12-13,16-17H,8-11H2,1-3H3. The van der Waals surface area contributed by atoms with E-state index in [1.54, 1.807) is 11.1 Å². The van der Waals surface area contributed by atoms with Crippen LogP contribution in [-0.4, -0.2) is 17.0 Å². The first-order valence-corrected chi connectivity index (χ1v) is 7.91. The summed E-state index contributed by atoms with van der Waals surface area (Å²) in [5.74, 6) is 2.80. The number of likely N-dealkylation sites (tertiary alicyclic amines) is 1. The lowest BCUT2D eigenvalue weighted by Gasteiger charge is -2.40. The third kappa shape index (κ3) is 1.94. The van der Waals surface area contributed by atoms with E-state index in [0.717, 1.165) is 17.8 Å². The van der Waals surface area contributed by atoms with Crippen LogP contribution in [0.5, 0.6) is 0 Å². The van der Waals surface area contributed by atoms with Gasteiger partial charge in [-0.3, -0.25) is 4.90 Å². The largest absolute Gasteiger partial charge is 0.291 e. The first kappa shape index (κ1) is 12.0. The summed E-state index contributed by atoms with van der Waals surface area (Å²) >= 11 is 0. The summed E-state index contributed by atoms with van der Waals surface area (Å²) in [6.07, 6.45) is 4.29. The van der Waals surface area contributed by atoms with Gasteiger partial charge in [0, 0.05) is 18.1 Å². The molecule has 1 nitrogen and oxygen atoms in total. The van der Waals surface area contributed by atoms with Crippen molar-refractivity contribution in [1.29, 1.82) is 0 Å². The molecule has 1 heteroatoms. The summed E-state index contributed by atoms with van der Waals surface area (Å²) < 4.78 is 0. The number of nitrogens with zero attached hydrogens (tertiary/aromatic N) is 1. The van der Waals surface area contributed by atoms with Gasteiger partial charge in [-0.25, -0.2) is 0 Å². The van der Waals surface area contributed by atoms with Crippen LogP contribution in [0.4, 0.5) is 0 Å². The van der Waals surface area contributed by atoms with Gasteiger partial charge < -0.3 is 0 Å². The van der Waals surface area contributed by atoms with Gasteiger partial charge in [0.25, 0.3) is 0 Å². The van der Waals surface area contributed by atoms with E-state index in [-0.39, 0.29) is 0 Å². The Morgan fingerprint density at radius 1 is 1.05 bits per heavy atom. The molecule has 0 radical (unpaired) electrons. The molecule has 0 bridgehead atoms. The fourth-order valence-electron chi connectivity index (χ4n) is 4.10. The van der Waals surface area contributed by atoms with Gasteiger partial charge in [-0.15, -0.1) is 0 Å². The molecular weight excluding hydrogens is 230 g/mol. The Labute approximate surface area is 117 Å².